The van der Waals surface area contributed by atoms with Crippen molar-refractivity contribution in [3.8, 4) is 5.75 Å². The number of likely N-dealkylation sites (N-methyl/N-ethyl adjacent to an activating group) is 1. The molecule has 1 amide bonds. The van der Waals surface area contributed by atoms with Gasteiger partial charge < -0.3 is 23.9 Å². The maximum atomic E-state index is 14.1. The van der Waals surface area contributed by atoms with Gasteiger partial charge in [-0.25, -0.2) is 13.1 Å². The van der Waals surface area contributed by atoms with E-state index in [1.165, 1.54) is 29.2 Å². The SMILES string of the molecule is CN(C)CCOc1ccc2[nH]c(C(=O)N3CC(COS(C)(=O)=O)c4c3cc([N+](=O)[O-])c3cc(S(=O)(=O)NCCO[Si](C)(C)C(C)(C)C)ccc43)cc2c1. The molecule has 4 aromatic rings. The number of sulfonamides is 1. The molecular weight excluding hydrogens is 743 g/mol. The van der Waals surface area contributed by atoms with Crippen molar-refractivity contribution in [2.75, 3.05) is 64.7 Å². The number of fused-ring (bicyclic) bond motifs is 4. The van der Waals surface area contributed by atoms with Crippen molar-refractivity contribution in [3.63, 3.8) is 0 Å². The Morgan fingerprint density at radius 2 is 1.77 bits per heavy atom. The van der Waals surface area contributed by atoms with Crippen molar-refractivity contribution in [2.24, 2.45) is 0 Å². The van der Waals surface area contributed by atoms with Gasteiger partial charge in [-0.2, -0.15) is 8.42 Å². The van der Waals surface area contributed by atoms with Gasteiger partial charge in [-0.15, -0.1) is 0 Å². The van der Waals surface area contributed by atoms with E-state index in [9.17, 15) is 31.7 Å². The summed E-state index contributed by atoms with van der Waals surface area (Å²) >= 11 is 0. The van der Waals surface area contributed by atoms with Gasteiger partial charge in [0, 0.05) is 49.1 Å². The first-order valence-electron chi connectivity index (χ1n) is 17.0. The van der Waals surface area contributed by atoms with Gasteiger partial charge in [-0.05, 0) is 79.6 Å². The number of hydrogen-bond donors (Lipinski definition) is 2. The smallest absolute Gasteiger partial charge is 0.279 e. The second kappa shape index (κ2) is 15.1. The molecule has 18 heteroatoms. The lowest BCUT2D eigenvalue weighted by Crippen LogP contribution is -2.42. The van der Waals surface area contributed by atoms with Gasteiger partial charge in [0.25, 0.3) is 21.7 Å². The summed E-state index contributed by atoms with van der Waals surface area (Å²) in [6.45, 7) is 11.3. The van der Waals surface area contributed by atoms with Gasteiger partial charge in [-0.3, -0.25) is 19.1 Å². The van der Waals surface area contributed by atoms with Crippen molar-refractivity contribution in [3.05, 3.63) is 69.9 Å². The summed E-state index contributed by atoms with van der Waals surface area (Å²) in [5, 5.41) is 13.5. The second-order valence-electron chi connectivity index (χ2n) is 15.0. The topological polar surface area (TPSA) is 190 Å². The fourth-order valence-corrected chi connectivity index (χ4v) is 8.39. The summed E-state index contributed by atoms with van der Waals surface area (Å²) in [4.78, 5) is 32.3. The summed E-state index contributed by atoms with van der Waals surface area (Å²) in [5.74, 6) is -0.600. The molecule has 1 aromatic heterocycles. The largest absolute Gasteiger partial charge is 0.492 e. The standard InChI is InChI=1S/C35H47N5O10S2Si/c1-35(2,3)53(7,8)50-15-13-36-52(46,47)26-10-11-27-28(19-26)31(40(42)43)20-32-33(27)24(22-49-51(6,44)45)21-39(32)34(41)30-18-23-17-25(9-12-29(23)37-30)48-16-14-38(4)5/h9-12,17-20,24,36-37H,13-16,21-22H2,1-8H3. The number of H-pyrrole nitrogens is 1. The van der Waals surface area contributed by atoms with Gasteiger partial charge in [0.05, 0.1) is 33.8 Å². The number of ether oxygens (including phenoxy) is 1. The minimum absolute atomic E-state index is 0.000314. The van der Waals surface area contributed by atoms with Crippen LogP contribution in [0.5, 0.6) is 5.75 Å². The van der Waals surface area contributed by atoms with E-state index in [-0.39, 0.29) is 53.0 Å². The molecule has 0 bridgehead atoms. The number of benzene rings is 3. The van der Waals surface area contributed by atoms with Crippen LogP contribution in [-0.2, 0) is 28.8 Å². The Bertz CT molecular complexity index is 2270. The van der Waals surface area contributed by atoms with Crippen LogP contribution in [0.15, 0.2) is 53.4 Å². The molecule has 288 valence electrons. The molecule has 15 nitrogen and oxygen atoms in total. The van der Waals surface area contributed by atoms with Crippen molar-refractivity contribution in [1.29, 1.82) is 0 Å². The number of amides is 1. The molecule has 1 unspecified atom stereocenters. The molecule has 0 radical (unpaired) electrons. The zero-order valence-corrected chi connectivity index (χ0v) is 33.8. The minimum atomic E-state index is -4.11. The van der Waals surface area contributed by atoms with E-state index in [4.69, 9.17) is 13.3 Å². The highest BCUT2D eigenvalue weighted by Gasteiger charge is 2.39. The second-order valence-corrected chi connectivity index (χ2v) is 23.2. The zero-order valence-electron chi connectivity index (χ0n) is 31.2. The van der Waals surface area contributed by atoms with Crippen LogP contribution in [0, 0.1) is 10.1 Å². The summed E-state index contributed by atoms with van der Waals surface area (Å²) in [7, 11) is -6.24. The quantitative estimate of drug-likeness (QED) is 0.0530. The Morgan fingerprint density at radius 3 is 2.42 bits per heavy atom. The third kappa shape index (κ3) is 9.08. The molecule has 1 aliphatic heterocycles. The molecular formula is C35H47N5O10S2Si. The highest BCUT2D eigenvalue weighted by molar-refractivity contribution is 7.89. The number of nitro groups is 1. The van der Waals surface area contributed by atoms with Crippen LogP contribution < -0.4 is 14.4 Å². The van der Waals surface area contributed by atoms with Gasteiger partial charge in [0.15, 0.2) is 8.32 Å². The number of nitro benzene ring substituents is 1. The molecule has 0 saturated heterocycles. The van der Waals surface area contributed by atoms with Crippen LogP contribution in [0.25, 0.3) is 21.7 Å². The first kappa shape index (κ1) is 40.3. The normalized spacial score (nSPS) is 15.4. The number of aromatic nitrogens is 1. The van der Waals surface area contributed by atoms with E-state index in [2.05, 4.69) is 43.6 Å². The lowest BCUT2D eigenvalue weighted by molar-refractivity contribution is -0.383. The zero-order chi connectivity index (χ0) is 39.1. The molecule has 1 atom stereocenters. The molecule has 0 spiro atoms. The van der Waals surface area contributed by atoms with Crippen molar-refractivity contribution >= 4 is 67.4 Å². The third-order valence-electron chi connectivity index (χ3n) is 9.74. The first-order valence-corrected chi connectivity index (χ1v) is 23.2. The number of nitrogens with zero attached hydrogens (tertiary/aromatic N) is 3. The number of carbonyl (C=O) groups excluding carboxylic acids is 1. The highest BCUT2D eigenvalue weighted by atomic mass is 32.2. The molecule has 2 heterocycles. The van der Waals surface area contributed by atoms with Crippen LogP contribution in [0.4, 0.5) is 11.4 Å². The molecule has 0 saturated carbocycles. The average Bonchev–Trinajstić information content (AvgIpc) is 3.65. The number of aromatic amines is 1. The van der Waals surface area contributed by atoms with Gasteiger partial charge in [0.1, 0.15) is 18.1 Å². The van der Waals surface area contributed by atoms with Crippen LogP contribution in [0.1, 0.15) is 42.7 Å². The van der Waals surface area contributed by atoms with Crippen molar-refractivity contribution < 1.29 is 39.9 Å². The first-order chi connectivity index (χ1) is 24.6. The van der Waals surface area contributed by atoms with Crippen LogP contribution in [0.2, 0.25) is 18.1 Å². The Morgan fingerprint density at radius 1 is 1.06 bits per heavy atom. The van der Waals surface area contributed by atoms with E-state index in [1.54, 1.807) is 24.3 Å². The predicted octanol–water partition coefficient (Wildman–Crippen LogP) is 5.19. The Labute approximate surface area is 311 Å². The van der Waals surface area contributed by atoms with Crippen molar-refractivity contribution in [1.82, 2.24) is 14.6 Å². The van der Waals surface area contributed by atoms with E-state index >= 15 is 0 Å². The monoisotopic (exact) mass is 789 g/mol. The van der Waals surface area contributed by atoms with Crippen LogP contribution in [-0.4, -0.2) is 106 Å². The molecule has 3 aromatic carbocycles. The van der Waals surface area contributed by atoms with E-state index < -0.39 is 50.9 Å². The number of anilines is 1. The van der Waals surface area contributed by atoms with Gasteiger partial charge in [0.2, 0.25) is 10.0 Å². The Hall–Kier alpha value is -3.91. The summed E-state index contributed by atoms with van der Waals surface area (Å²) in [6.07, 6.45) is 0.907. The molecule has 0 aliphatic carbocycles. The number of nitrogens with one attached hydrogen (secondary N) is 2. The summed E-state index contributed by atoms with van der Waals surface area (Å²) in [5.41, 5.74) is 1.07. The lowest BCUT2D eigenvalue weighted by atomic mass is 9.94. The maximum absolute atomic E-state index is 14.1. The van der Waals surface area contributed by atoms with Crippen LogP contribution in [0.3, 0.4) is 0 Å². The summed E-state index contributed by atoms with van der Waals surface area (Å²) in [6, 6.07) is 12.3. The number of carbonyl (C=O) groups is 1. The van der Waals surface area contributed by atoms with E-state index in [0.717, 1.165) is 12.8 Å². The molecule has 53 heavy (non-hydrogen) atoms. The summed E-state index contributed by atoms with van der Waals surface area (Å²) < 4.78 is 70.5. The van der Waals surface area contributed by atoms with Gasteiger partial charge >= 0.3 is 0 Å². The maximum Gasteiger partial charge on any atom is 0.279 e. The molecule has 5 rings (SSSR count). The van der Waals surface area contributed by atoms with E-state index in [0.29, 0.717) is 34.2 Å². The molecule has 1 aliphatic rings. The molecule has 2 N–H and O–H groups in total. The number of rotatable bonds is 15. The Kier molecular flexibility index (Phi) is 11.5. The fraction of sp³-hybridized carbons (Fsp3) is 0.457. The fourth-order valence-electron chi connectivity index (χ4n) is 5.90. The average molecular weight is 790 g/mol. The van der Waals surface area contributed by atoms with Crippen LogP contribution >= 0.6 is 0 Å². The highest BCUT2D eigenvalue weighted by Crippen LogP contribution is 2.46. The van der Waals surface area contributed by atoms with Crippen molar-refractivity contribution in [2.45, 2.75) is 49.7 Å². The minimum Gasteiger partial charge on any atom is -0.492 e. The van der Waals surface area contributed by atoms with Gasteiger partial charge in [-0.1, -0.05) is 26.8 Å². The van der Waals surface area contributed by atoms with E-state index in [1.807, 2.05) is 19.0 Å². The number of hydrogen-bond acceptors (Lipinski definition) is 11. The lowest BCUT2D eigenvalue weighted by Gasteiger charge is -2.36. The number of non-ortho nitro benzene ring substituents is 1. The predicted molar refractivity (Wildman–Crippen MR) is 207 cm³/mol. The molecule has 0 fully saturated rings. The third-order valence-corrected chi connectivity index (χ3v) is 16.3. The Balaban J connectivity index is 1.50.